The Morgan fingerprint density at radius 3 is 2.70 bits per heavy atom. The molecule has 0 spiro atoms. The summed E-state index contributed by atoms with van der Waals surface area (Å²) in [5.41, 5.74) is 4.03. The van der Waals surface area contributed by atoms with Gasteiger partial charge in [0.2, 0.25) is 0 Å². The molecule has 2 aliphatic heterocycles. The SMILES string of the molecule is c1csc([C@@H]2c3c(ccc4ccccc34)O[C@H]3c4ccccc4CCN23)c1. The number of benzene rings is 3. The van der Waals surface area contributed by atoms with Crippen molar-refractivity contribution in [1.82, 2.24) is 4.90 Å². The Labute approximate surface area is 162 Å². The zero-order valence-electron chi connectivity index (χ0n) is 14.8. The van der Waals surface area contributed by atoms with Crippen molar-refractivity contribution in [2.45, 2.75) is 18.7 Å². The van der Waals surface area contributed by atoms with Crippen LogP contribution in [0.25, 0.3) is 10.8 Å². The summed E-state index contributed by atoms with van der Waals surface area (Å²) in [5.74, 6) is 1.02. The van der Waals surface area contributed by atoms with Crippen molar-refractivity contribution in [1.29, 1.82) is 0 Å². The van der Waals surface area contributed by atoms with Crippen LogP contribution < -0.4 is 4.74 Å². The van der Waals surface area contributed by atoms with Crippen molar-refractivity contribution in [2.24, 2.45) is 0 Å². The van der Waals surface area contributed by atoms with Gasteiger partial charge in [-0.05, 0) is 40.3 Å². The van der Waals surface area contributed by atoms with Gasteiger partial charge < -0.3 is 4.74 Å². The van der Waals surface area contributed by atoms with Crippen molar-refractivity contribution in [3.63, 3.8) is 0 Å². The molecule has 0 radical (unpaired) electrons. The minimum atomic E-state index is -0.0179. The second-order valence-corrected chi connectivity index (χ2v) is 8.25. The molecule has 0 unspecified atom stereocenters. The number of thiophene rings is 1. The molecule has 1 aromatic heterocycles. The summed E-state index contributed by atoms with van der Waals surface area (Å²) < 4.78 is 6.63. The zero-order valence-corrected chi connectivity index (χ0v) is 15.7. The van der Waals surface area contributed by atoms with Crippen LogP contribution in [-0.2, 0) is 6.42 Å². The maximum atomic E-state index is 6.63. The van der Waals surface area contributed by atoms with Crippen LogP contribution >= 0.6 is 11.3 Å². The molecule has 132 valence electrons. The van der Waals surface area contributed by atoms with Crippen LogP contribution in [0.2, 0.25) is 0 Å². The molecular weight excluding hydrogens is 350 g/mol. The van der Waals surface area contributed by atoms with Gasteiger partial charge in [0.15, 0.2) is 6.23 Å². The van der Waals surface area contributed by atoms with Crippen LogP contribution in [0.15, 0.2) is 78.2 Å². The van der Waals surface area contributed by atoms with Gasteiger partial charge in [-0.1, -0.05) is 60.7 Å². The first kappa shape index (κ1) is 15.4. The summed E-state index contributed by atoms with van der Waals surface area (Å²) in [6, 6.07) is 26.4. The number of fused-ring (bicyclic) bond motifs is 6. The molecule has 0 fully saturated rings. The van der Waals surface area contributed by atoms with Gasteiger partial charge in [-0.15, -0.1) is 11.3 Å². The molecule has 0 saturated heterocycles. The van der Waals surface area contributed by atoms with Crippen molar-refractivity contribution in [3.05, 3.63) is 99.7 Å². The smallest absolute Gasteiger partial charge is 0.180 e. The largest absolute Gasteiger partial charge is 0.470 e. The lowest BCUT2D eigenvalue weighted by atomic mass is 9.89. The van der Waals surface area contributed by atoms with Gasteiger partial charge in [0.1, 0.15) is 5.75 Å². The average Bonchev–Trinajstić information content (AvgIpc) is 3.26. The standard InChI is InChI=1S/C24H19NOS/c1-3-8-18-16(6-1)11-12-20-22(18)23(21-10-5-15-27-21)25-14-13-17-7-2-4-9-19(17)24(25)26-20/h1-12,15,23-24H,13-14H2/t23-,24+/m1/s1. The Morgan fingerprint density at radius 2 is 1.78 bits per heavy atom. The first-order valence-electron chi connectivity index (χ1n) is 9.45. The summed E-state index contributed by atoms with van der Waals surface area (Å²) >= 11 is 1.84. The predicted molar refractivity (Wildman–Crippen MR) is 110 cm³/mol. The molecular formula is C24H19NOS. The molecule has 2 aliphatic rings. The molecule has 3 heteroatoms. The van der Waals surface area contributed by atoms with Crippen LogP contribution in [0.3, 0.4) is 0 Å². The highest BCUT2D eigenvalue weighted by atomic mass is 32.1. The summed E-state index contributed by atoms with van der Waals surface area (Å²) in [4.78, 5) is 3.93. The average molecular weight is 369 g/mol. The molecule has 0 amide bonds. The molecule has 3 heterocycles. The van der Waals surface area contributed by atoms with E-state index in [1.54, 1.807) is 0 Å². The maximum Gasteiger partial charge on any atom is 0.180 e. The molecule has 0 aliphatic carbocycles. The van der Waals surface area contributed by atoms with Crippen molar-refractivity contribution >= 4 is 22.1 Å². The van der Waals surface area contributed by atoms with Gasteiger partial charge in [0.05, 0.1) is 6.04 Å². The molecule has 2 atom stereocenters. The third-order valence-corrected chi connectivity index (χ3v) is 6.77. The van der Waals surface area contributed by atoms with Crippen LogP contribution in [0.5, 0.6) is 5.75 Å². The van der Waals surface area contributed by atoms with Gasteiger partial charge in [-0.25, -0.2) is 0 Å². The number of ether oxygens (including phenoxy) is 1. The third-order valence-electron chi connectivity index (χ3n) is 5.85. The van der Waals surface area contributed by atoms with Crippen molar-refractivity contribution in [3.8, 4) is 5.75 Å². The molecule has 27 heavy (non-hydrogen) atoms. The first-order chi connectivity index (χ1) is 13.4. The summed E-state index contributed by atoms with van der Waals surface area (Å²) in [7, 11) is 0. The van der Waals surface area contributed by atoms with E-state index in [0.717, 1.165) is 18.7 Å². The molecule has 3 aromatic carbocycles. The topological polar surface area (TPSA) is 12.5 Å². The van der Waals surface area contributed by atoms with Gasteiger partial charge in [-0.3, -0.25) is 4.90 Å². The van der Waals surface area contributed by atoms with E-state index in [-0.39, 0.29) is 12.3 Å². The lowest BCUT2D eigenvalue weighted by Gasteiger charge is -2.46. The van der Waals surface area contributed by atoms with E-state index in [1.165, 1.54) is 32.3 Å². The lowest BCUT2D eigenvalue weighted by molar-refractivity contribution is -0.0251. The fraction of sp³-hybridized carbons (Fsp3) is 0.167. The van der Waals surface area contributed by atoms with Crippen LogP contribution in [0, 0.1) is 0 Å². The second kappa shape index (κ2) is 5.95. The predicted octanol–water partition coefficient (Wildman–Crippen LogP) is 5.94. The fourth-order valence-electron chi connectivity index (χ4n) is 4.64. The molecule has 4 aromatic rings. The van der Waals surface area contributed by atoms with E-state index >= 15 is 0 Å². The second-order valence-electron chi connectivity index (χ2n) is 7.27. The Hall–Kier alpha value is -2.62. The van der Waals surface area contributed by atoms with Gasteiger partial charge >= 0.3 is 0 Å². The van der Waals surface area contributed by atoms with Crippen molar-refractivity contribution < 1.29 is 4.74 Å². The summed E-state index contributed by atoms with van der Waals surface area (Å²) in [5, 5.41) is 4.76. The van der Waals surface area contributed by atoms with Crippen LogP contribution in [-0.4, -0.2) is 11.4 Å². The van der Waals surface area contributed by atoms with Crippen molar-refractivity contribution in [2.75, 3.05) is 6.54 Å². The van der Waals surface area contributed by atoms with E-state index < -0.39 is 0 Å². The van der Waals surface area contributed by atoms with E-state index in [9.17, 15) is 0 Å². The molecule has 0 saturated carbocycles. The first-order valence-corrected chi connectivity index (χ1v) is 10.3. The zero-order chi connectivity index (χ0) is 17.8. The normalized spacial score (nSPS) is 21.2. The quantitative estimate of drug-likeness (QED) is 0.412. The number of hydrogen-bond donors (Lipinski definition) is 0. The van der Waals surface area contributed by atoms with Crippen LogP contribution in [0.4, 0.5) is 0 Å². The van der Waals surface area contributed by atoms with E-state index in [2.05, 4.69) is 83.1 Å². The van der Waals surface area contributed by atoms with E-state index in [4.69, 9.17) is 4.74 Å². The Bertz CT molecular complexity index is 1130. The number of hydrogen-bond acceptors (Lipinski definition) is 3. The maximum absolute atomic E-state index is 6.63. The Morgan fingerprint density at radius 1 is 0.889 bits per heavy atom. The third kappa shape index (κ3) is 2.29. The highest BCUT2D eigenvalue weighted by Gasteiger charge is 2.41. The summed E-state index contributed by atoms with van der Waals surface area (Å²) in [6.45, 7) is 1.01. The van der Waals surface area contributed by atoms with Crippen LogP contribution in [0.1, 0.15) is 33.8 Å². The van der Waals surface area contributed by atoms with Gasteiger partial charge in [0.25, 0.3) is 0 Å². The fourth-order valence-corrected chi connectivity index (χ4v) is 5.50. The number of rotatable bonds is 1. The van der Waals surface area contributed by atoms with Gasteiger partial charge in [-0.2, -0.15) is 0 Å². The summed E-state index contributed by atoms with van der Waals surface area (Å²) in [6.07, 6.45) is 1.05. The monoisotopic (exact) mass is 369 g/mol. The van der Waals surface area contributed by atoms with E-state index in [0.29, 0.717) is 0 Å². The molecule has 0 N–H and O–H groups in total. The number of nitrogens with zero attached hydrogens (tertiary/aromatic N) is 1. The lowest BCUT2D eigenvalue weighted by Crippen LogP contribution is -2.44. The highest BCUT2D eigenvalue weighted by Crippen LogP contribution is 2.50. The van der Waals surface area contributed by atoms with Gasteiger partial charge in [0, 0.05) is 22.5 Å². The minimum absolute atomic E-state index is 0.0179. The molecule has 6 rings (SSSR count). The Kier molecular flexibility index (Phi) is 3.40. The molecule has 0 bridgehead atoms. The minimum Gasteiger partial charge on any atom is -0.470 e. The Balaban J connectivity index is 1.62. The van der Waals surface area contributed by atoms with E-state index in [1.807, 2.05) is 11.3 Å². The highest BCUT2D eigenvalue weighted by molar-refractivity contribution is 7.10. The molecule has 2 nitrogen and oxygen atoms in total.